The van der Waals surface area contributed by atoms with Crippen molar-refractivity contribution in [1.29, 1.82) is 0 Å². The van der Waals surface area contributed by atoms with E-state index >= 15 is 0 Å². The zero-order chi connectivity index (χ0) is 26.6. The van der Waals surface area contributed by atoms with Gasteiger partial charge in [0.2, 0.25) is 5.91 Å². The zero-order valence-corrected chi connectivity index (χ0v) is 22.7. The summed E-state index contributed by atoms with van der Waals surface area (Å²) in [6, 6.07) is 9.80. The number of benzene rings is 1. The standard InChI is InChI=1S/C28H30N6O3S/c1-18-14-20(8-10-23(18)37-21-9-7-19(2)29-15-21)32-27-26-22-11-13-34(25(35)6-5-12-33(3)36-4)16-24(22)38-28(26)31-17-30-27/h5-10,14-15,17H,11-13,16H2,1-4H3,(H,30,31,32)/b6-5+. The van der Waals surface area contributed by atoms with Gasteiger partial charge in [0.25, 0.3) is 0 Å². The molecule has 0 atom stereocenters. The number of pyridine rings is 1. The highest BCUT2D eigenvalue weighted by molar-refractivity contribution is 7.19. The van der Waals surface area contributed by atoms with Gasteiger partial charge in [-0.3, -0.25) is 9.78 Å². The van der Waals surface area contributed by atoms with Crippen LogP contribution in [0.1, 0.15) is 21.7 Å². The maximum atomic E-state index is 12.7. The van der Waals surface area contributed by atoms with Crippen molar-refractivity contribution in [2.24, 2.45) is 0 Å². The molecule has 4 aromatic rings. The average Bonchev–Trinajstić information content (AvgIpc) is 3.30. The van der Waals surface area contributed by atoms with Gasteiger partial charge in [-0.05, 0) is 61.7 Å². The lowest BCUT2D eigenvalue weighted by molar-refractivity contribution is -0.127. The highest BCUT2D eigenvalue weighted by Crippen LogP contribution is 2.38. The lowest BCUT2D eigenvalue weighted by Crippen LogP contribution is -2.34. The SMILES string of the molecule is CON(C)C/C=C/C(=O)N1CCc2c(sc3ncnc(Nc4ccc(Oc5ccc(C)nc5)c(C)c4)c23)C1. The zero-order valence-electron chi connectivity index (χ0n) is 21.9. The van der Waals surface area contributed by atoms with E-state index in [0.717, 1.165) is 50.0 Å². The third kappa shape index (κ3) is 5.67. The highest BCUT2D eigenvalue weighted by atomic mass is 32.1. The summed E-state index contributed by atoms with van der Waals surface area (Å²) in [4.78, 5) is 35.1. The molecule has 0 spiro atoms. The fraction of sp³-hybridized carbons (Fsp3) is 0.286. The molecule has 1 aromatic carbocycles. The minimum atomic E-state index is 0.00115. The maximum Gasteiger partial charge on any atom is 0.246 e. The normalized spacial score (nSPS) is 13.3. The van der Waals surface area contributed by atoms with E-state index in [2.05, 4.69) is 20.3 Å². The molecule has 0 radical (unpaired) electrons. The Kier molecular flexibility index (Phi) is 7.64. The molecule has 0 bridgehead atoms. The second kappa shape index (κ2) is 11.3. The van der Waals surface area contributed by atoms with E-state index in [1.54, 1.807) is 42.1 Å². The number of carbonyl (C=O) groups is 1. The topological polar surface area (TPSA) is 92.7 Å². The van der Waals surface area contributed by atoms with E-state index in [0.29, 0.717) is 25.4 Å². The Morgan fingerprint density at radius 1 is 1.21 bits per heavy atom. The summed E-state index contributed by atoms with van der Waals surface area (Å²) < 4.78 is 6.01. The van der Waals surface area contributed by atoms with Crippen molar-refractivity contribution < 1.29 is 14.4 Å². The number of thiophene rings is 1. The second-order valence-corrected chi connectivity index (χ2v) is 10.2. The van der Waals surface area contributed by atoms with Gasteiger partial charge in [-0.15, -0.1) is 11.3 Å². The molecule has 0 saturated heterocycles. The van der Waals surface area contributed by atoms with Gasteiger partial charge in [0.05, 0.1) is 25.2 Å². The predicted molar refractivity (Wildman–Crippen MR) is 149 cm³/mol. The fourth-order valence-electron chi connectivity index (χ4n) is 4.31. The molecule has 0 aliphatic carbocycles. The van der Waals surface area contributed by atoms with Crippen LogP contribution in [0.25, 0.3) is 10.2 Å². The number of likely N-dealkylation sites (N-methyl/N-ethyl adjacent to an activating group) is 1. The molecule has 5 rings (SSSR count). The number of aromatic nitrogens is 3. The minimum absolute atomic E-state index is 0.00115. The van der Waals surface area contributed by atoms with Crippen LogP contribution in [-0.2, 0) is 22.6 Å². The molecule has 1 aliphatic rings. The van der Waals surface area contributed by atoms with E-state index in [4.69, 9.17) is 9.57 Å². The van der Waals surface area contributed by atoms with E-state index in [9.17, 15) is 4.79 Å². The first-order valence-electron chi connectivity index (χ1n) is 12.4. The van der Waals surface area contributed by atoms with Crippen molar-refractivity contribution in [3.63, 3.8) is 0 Å². The molecule has 3 aromatic heterocycles. The van der Waals surface area contributed by atoms with Gasteiger partial charge in [-0.2, -0.15) is 5.06 Å². The van der Waals surface area contributed by atoms with E-state index in [1.165, 1.54) is 5.56 Å². The van der Waals surface area contributed by atoms with Gasteiger partial charge in [0.1, 0.15) is 28.5 Å². The number of nitrogens with one attached hydrogen (secondary N) is 1. The van der Waals surface area contributed by atoms with E-state index in [1.807, 2.05) is 62.2 Å². The van der Waals surface area contributed by atoms with Gasteiger partial charge >= 0.3 is 0 Å². The van der Waals surface area contributed by atoms with Crippen LogP contribution in [0.5, 0.6) is 11.5 Å². The lowest BCUT2D eigenvalue weighted by Gasteiger charge is -2.26. The molecule has 4 heterocycles. The quantitative estimate of drug-likeness (QED) is 0.246. The number of ether oxygens (including phenoxy) is 1. The first-order chi connectivity index (χ1) is 18.4. The molecular weight excluding hydrogens is 500 g/mol. The van der Waals surface area contributed by atoms with Crippen LogP contribution in [0.3, 0.4) is 0 Å². The minimum Gasteiger partial charge on any atom is -0.455 e. The van der Waals surface area contributed by atoms with Crippen LogP contribution in [-0.4, -0.2) is 58.1 Å². The number of anilines is 2. The molecule has 10 heteroatoms. The summed E-state index contributed by atoms with van der Waals surface area (Å²) >= 11 is 1.62. The van der Waals surface area contributed by atoms with Crippen LogP contribution in [0.15, 0.2) is 55.0 Å². The van der Waals surface area contributed by atoms with E-state index < -0.39 is 0 Å². The second-order valence-electron chi connectivity index (χ2n) is 9.15. The number of hydroxylamine groups is 2. The first-order valence-corrected chi connectivity index (χ1v) is 13.2. The van der Waals surface area contributed by atoms with Crippen molar-refractivity contribution in [1.82, 2.24) is 24.9 Å². The fourth-order valence-corrected chi connectivity index (χ4v) is 5.52. The van der Waals surface area contributed by atoms with Crippen molar-refractivity contribution >= 4 is 39.0 Å². The summed E-state index contributed by atoms with van der Waals surface area (Å²) in [5.41, 5.74) is 4.06. The molecule has 196 valence electrons. The lowest BCUT2D eigenvalue weighted by atomic mass is 10.0. The summed E-state index contributed by atoms with van der Waals surface area (Å²) in [6.07, 6.45) is 7.50. The molecular formula is C28H30N6O3S. The van der Waals surface area contributed by atoms with Crippen molar-refractivity contribution in [2.75, 3.05) is 32.6 Å². The van der Waals surface area contributed by atoms with Crippen molar-refractivity contribution in [2.45, 2.75) is 26.8 Å². The van der Waals surface area contributed by atoms with Crippen LogP contribution >= 0.6 is 11.3 Å². The Hall–Kier alpha value is -3.86. The Balaban J connectivity index is 1.32. The predicted octanol–water partition coefficient (Wildman–Crippen LogP) is 5.17. The third-order valence-electron chi connectivity index (χ3n) is 6.43. The molecule has 1 amide bonds. The van der Waals surface area contributed by atoms with Crippen LogP contribution in [0.2, 0.25) is 0 Å². The molecule has 38 heavy (non-hydrogen) atoms. The van der Waals surface area contributed by atoms with Crippen molar-refractivity contribution in [3.05, 3.63) is 76.7 Å². The highest BCUT2D eigenvalue weighted by Gasteiger charge is 2.25. The number of hydrogen-bond donors (Lipinski definition) is 1. The number of nitrogens with zero attached hydrogens (tertiary/aromatic N) is 5. The van der Waals surface area contributed by atoms with Crippen LogP contribution in [0.4, 0.5) is 11.5 Å². The summed E-state index contributed by atoms with van der Waals surface area (Å²) in [5.74, 6) is 2.24. The van der Waals surface area contributed by atoms with Gasteiger partial charge in [-0.1, -0.05) is 6.08 Å². The number of hydrogen-bond acceptors (Lipinski definition) is 9. The molecule has 9 nitrogen and oxygen atoms in total. The summed E-state index contributed by atoms with van der Waals surface area (Å²) in [7, 11) is 3.42. The molecule has 0 saturated carbocycles. The van der Waals surface area contributed by atoms with Crippen LogP contribution in [0, 0.1) is 13.8 Å². The largest absolute Gasteiger partial charge is 0.455 e. The molecule has 0 unspecified atom stereocenters. The first kappa shape index (κ1) is 25.8. The van der Waals surface area contributed by atoms with Gasteiger partial charge < -0.3 is 19.8 Å². The summed E-state index contributed by atoms with van der Waals surface area (Å²) in [6.45, 7) is 5.72. The number of carbonyl (C=O) groups excluding carboxylic acids is 1. The molecule has 1 N–H and O–H groups in total. The Morgan fingerprint density at radius 2 is 2.08 bits per heavy atom. The number of rotatable bonds is 8. The Bertz CT molecular complexity index is 1480. The molecule has 1 aliphatic heterocycles. The van der Waals surface area contributed by atoms with Gasteiger partial charge in [0, 0.05) is 42.5 Å². The van der Waals surface area contributed by atoms with Gasteiger partial charge in [0.15, 0.2) is 0 Å². The maximum absolute atomic E-state index is 12.7. The smallest absolute Gasteiger partial charge is 0.246 e. The summed E-state index contributed by atoms with van der Waals surface area (Å²) in [5, 5.41) is 6.16. The van der Waals surface area contributed by atoms with Crippen LogP contribution < -0.4 is 10.1 Å². The van der Waals surface area contributed by atoms with Gasteiger partial charge in [-0.25, -0.2) is 9.97 Å². The monoisotopic (exact) mass is 530 g/mol. The number of fused-ring (bicyclic) bond motifs is 3. The number of aryl methyl sites for hydroxylation is 2. The Labute approximate surface area is 225 Å². The number of amides is 1. The molecule has 0 fully saturated rings. The van der Waals surface area contributed by atoms with Crippen molar-refractivity contribution in [3.8, 4) is 11.5 Å². The Morgan fingerprint density at radius 3 is 2.84 bits per heavy atom. The van der Waals surface area contributed by atoms with E-state index in [-0.39, 0.29) is 5.91 Å². The average molecular weight is 531 g/mol. The third-order valence-corrected chi connectivity index (χ3v) is 7.56.